The number of sulfonamides is 1. The van der Waals surface area contributed by atoms with Crippen LogP contribution in [0, 0.1) is 29.1 Å². The number of benzene rings is 1. The number of esters is 2. The second-order valence-electron chi connectivity index (χ2n) is 17.9. The number of nitrogens with one attached hydrogen (secondary N) is 1. The van der Waals surface area contributed by atoms with Gasteiger partial charge in [-0.05, 0) is 101 Å². The standard InChI is InChI=1S/C46H57N3O11S/c1-3-30-24-46(30,45(54)48-61(55,56)32-20-21-32)25-38(50)37-22-31-26-49(37)44(53)35(28-12-7-8-13-28)23-40(51)60-39-19-11-15-29(39)14-5-4-6-17-34-42(58-27-41(52)57-2)33-16-9-10-18-36(33)47-43(34)59-31/h3-4,6,9-10,16,18,28-32,35,37,39H,1,5,7-8,11-15,17,19-27H2,2H3,(H,48,54)/b6-4+/t29-,30-,31-,35+,37+,39-,46-/m1/s1. The molecular weight excluding hydrogens is 803 g/mol. The smallest absolute Gasteiger partial charge is 0.343 e. The number of hydrogen-bond donors (Lipinski definition) is 1. The van der Waals surface area contributed by atoms with Gasteiger partial charge in [0.15, 0.2) is 12.4 Å². The Morgan fingerprint density at radius 1 is 1.00 bits per heavy atom. The number of hydrogen-bond acceptors (Lipinski definition) is 12. The molecule has 1 aromatic heterocycles. The van der Waals surface area contributed by atoms with E-state index in [0.717, 1.165) is 57.8 Å². The maximum absolute atomic E-state index is 15.1. The van der Waals surface area contributed by atoms with Crippen molar-refractivity contribution < 1.29 is 51.3 Å². The summed E-state index contributed by atoms with van der Waals surface area (Å²) in [7, 11) is -2.60. The first-order valence-electron chi connectivity index (χ1n) is 22.0. The summed E-state index contributed by atoms with van der Waals surface area (Å²) in [5.41, 5.74) is -0.182. The Hall–Kier alpha value is -4.79. The summed E-state index contributed by atoms with van der Waals surface area (Å²) in [6, 6.07) is 6.32. The first-order valence-corrected chi connectivity index (χ1v) is 23.6. The molecule has 1 aromatic carbocycles. The van der Waals surface area contributed by atoms with Crippen LogP contribution in [0.5, 0.6) is 11.6 Å². The number of ketones is 1. The number of pyridine rings is 1. The quantitative estimate of drug-likeness (QED) is 0.215. The molecule has 0 radical (unpaired) electrons. The van der Waals surface area contributed by atoms with E-state index >= 15 is 4.79 Å². The summed E-state index contributed by atoms with van der Waals surface area (Å²) < 4.78 is 52.0. The molecule has 0 unspecified atom stereocenters. The van der Waals surface area contributed by atoms with Crippen LogP contribution < -0.4 is 14.2 Å². The lowest BCUT2D eigenvalue weighted by atomic mass is 9.86. The molecule has 2 aliphatic heterocycles. The number of carbonyl (C=O) groups excluding carboxylic acids is 5. The van der Waals surface area contributed by atoms with E-state index < -0.39 is 68.3 Å². The summed E-state index contributed by atoms with van der Waals surface area (Å²) in [5, 5.41) is 0.0442. The first-order chi connectivity index (χ1) is 29.4. The lowest BCUT2D eigenvalue weighted by molar-refractivity contribution is -0.156. The van der Waals surface area contributed by atoms with Gasteiger partial charge in [0.1, 0.15) is 18.0 Å². The van der Waals surface area contributed by atoms with E-state index in [0.29, 0.717) is 41.5 Å². The zero-order chi connectivity index (χ0) is 42.9. The summed E-state index contributed by atoms with van der Waals surface area (Å²) in [5.74, 6) is -2.83. The molecule has 328 valence electrons. The minimum absolute atomic E-state index is 0.000483. The van der Waals surface area contributed by atoms with Crippen LogP contribution in [0.3, 0.4) is 0 Å². The maximum Gasteiger partial charge on any atom is 0.343 e. The average molecular weight is 860 g/mol. The predicted molar refractivity (Wildman–Crippen MR) is 224 cm³/mol. The lowest BCUT2D eigenvalue weighted by Gasteiger charge is -2.31. The SMILES string of the molecule is C=C[C@@H]1C[C@]1(CC(=O)[C@@H]1C[C@@H]2CN1C(=O)[C@H](C1CCCC1)CC(=O)O[C@@H]1CCC[C@H]1CC/C=C/Cc1c(nc3ccccc3c1OCC(=O)OC)O2)C(=O)NS(=O)(=O)C1CC1. The van der Waals surface area contributed by atoms with Gasteiger partial charge in [0.2, 0.25) is 27.7 Å². The monoisotopic (exact) mass is 859 g/mol. The van der Waals surface area contributed by atoms with Gasteiger partial charge in [-0.25, -0.2) is 18.2 Å². The van der Waals surface area contributed by atoms with Gasteiger partial charge in [-0.1, -0.05) is 43.2 Å². The summed E-state index contributed by atoms with van der Waals surface area (Å²) in [6.07, 6.45) is 13.5. The minimum Gasteiger partial charge on any atom is -0.481 e. The molecule has 5 fully saturated rings. The highest BCUT2D eigenvalue weighted by molar-refractivity contribution is 7.90. The van der Waals surface area contributed by atoms with E-state index in [1.807, 2.05) is 30.3 Å². The number of para-hydroxylation sites is 1. The fourth-order valence-electron chi connectivity index (χ4n) is 10.3. The number of Topliss-reactive ketones (excluding diaryl/α,β-unsaturated/α-hetero) is 1. The van der Waals surface area contributed by atoms with Crippen LogP contribution in [0.1, 0.15) is 102 Å². The minimum atomic E-state index is -3.89. The number of methoxy groups -OCH3 is 1. The van der Waals surface area contributed by atoms with Crippen LogP contribution in [0.2, 0.25) is 0 Å². The van der Waals surface area contributed by atoms with E-state index in [1.165, 1.54) is 12.0 Å². The molecule has 14 nitrogen and oxygen atoms in total. The van der Waals surface area contributed by atoms with Crippen molar-refractivity contribution in [2.24, 2.45) is 29.1 Å². The number of ether oxygens (including phenoxy) is 4. The van der Waals surface area contributed by atoms with Crippen molar-refractivity contribution in [2.75, 3.05) is 20.3 Å². The summed E-state index contributed by atoms with van der Waals surface area (Å²) >= 11 is 0. The van der Waals surface area contributed by atoms with E-state index in [4.69, 9.17) is 23.9 Å². The predicted octanol–water partition coefficient (Wildman–Crippen LogP) is 5.70. The number of rotatable bonds is 11. The third-order valence-corrected chi connectivity index (χ3v) is 15.8. The van der Waals surface area contributed by atoms with Crippen molar-refractivity contribution >= 4 is 50.5 Å². The molecule has 1 saturated heterocycles. The Balaban J connectivity index is 1.17. The number of aromatic nitrogens is 1. The van der Waals surface area contributed by atoms with Crippen molar-refractivity contribution in [2.45, 2.75) is 126 Å². The molecule has 2 bridgehead atoms. The Morgan fingerprint density at radius 3 is 2.51 bits per heavy atom. The van der Waals surface area contributed by atoms with Crippen molar-refractivity contribution in [3.63, 3.8) is 0 Å². The Morgan fingerprint density at radius 2 is 1.77 bits per heavy atom. The van der Waals surface area contributed by atoms with Gasteiger partial charge >= 0.3 is 11.9 Å². The molecule has 15 heteroatoms. The van der Waals surface area contributed by atoms with Gasteiger partial charge in [0, 0.05) is 18.2 Å². The molecule has 8 rings (SSSR count). The molecule has 4 aliphatic carbocycles. The van der Waals surface area contributed by atoms with Gasteiger partial charge in [-0.15, -0.1) is 6.58 Å². The van der Waals surface area contributed by atoms with E-state index in [9.17, 15) is 27.6 Å². The van der Waals surface area contributed by atoms with Crippen LogP contribution in [0.25, 0.3) is 10.9 Å². The zero-order valence-corrected chi connectivity index (χ0v) is 35.7. The third kappa shape index (κ3) is 9.22. The first kappa shape index (κ1) is 42.9. The van der Waals surface area contributed by atoms with E-state index in [-0.39, 0.29) is 68.6 Å². The second-order valence-corrected chi connectivity index (χ2v) is 19.9. The van der Waals surface area contributed by atoms with Crippen LogP contribution in [-0.4, -0.2) is 91.6 Å². The zero-order valence-electron chi connectivity index (χ0n) is 34.9. The molecule has 2 amide bonds. The van der Waals surface area contributed by atoms with Crippen LogP contribution in [-0.2, 0) is 49.9 Å². The fourth-order valence-corrected chi connectivity index (χ4v) is 11.7. The van der Waals surface area contributed by atoms with Crippen molar-refractivity contribution in [3.05, 3.63) is 54.6 Å². The Labute approximate surface area is 357 Å². The van der Waals surface area contributed by atoms with Gasteiger partial charge in [-0.2, -0.15) is 0 Å². The number of allylic oxidation sites excluding steroid dienone is 3. The van der Waals surface area contributed by atoms with Crippen molar-refractivity contribution in [3.8, 4) is 11.6 Å². The van der Waals surface area contributed by atoms with Gasteiger partial charge in [-0.3, -0.25) is 23.9 Å². The van der Waals surface area contributed by atoms with Crippen molar-refractivity contribution in [1.82, 2.24) is 14.6 Å². The highest BCUT2D eigenvalue weighted by Gasteiger charge is 2.61. The molecule has 6 aliphatic rings. The Kier molecular flexibility index (Phi) is 12.6. The average Bonchev–Trinajstić information content (AvgIpc) is 4.03. The van der Waals surface area contributed by atoms with Gasteiger partial charge in [0.05, 0.1) is 53.8 Å². The van der Waals surface area contributed by atoms with Crippen LogP contribution in [0.15, 0.2) is 49.1 Å². The fraction of sp³-hybridized carbons (Fsp3) is 0.609. The molecule has 7 atom stereocenters. The highest BCUT2D eigenvalue weighted by Crippen LogP contribution is 2.57. The van der Waals surface area contributed by atoms with Gasteiger partial charge < -0.3 is 23.8 Å². The highest BCUT2D eigenvalue weighted by atomic mass is 32.2. The Bertz CT molecular complexity index is 2200. The van der Waals surface area contributed by atoms with Crippen LogP contribution >= 0.6 is 0 Å². The molecule has 0 spiro atoms. The number of fused-ring (bicyclic) bond motifs is 5. The normalized spacial score (nSPS) is 30.2. The molecule has 61 heavy (non-hydrogen) atoms. The van der Waals surface area contributed by atoms with Gasteiger partial charge in [0.25, 0.3) is 0 Å². The van der Waals surface area contributed by atoms with E-state index in [1.54, 1.807) is 6.08 Å². The molecular formula is C46H57N3O11S. The van der Waals surface area contributed by atoms with E-state index in [2.05, 4.69) is 17.4 Å². The maximum atomic E-state index is 15.1. The summed E-state index contributed by atoms with van der Waals surface area (Å²) in [6.45, 7) is 3.51. The topological polar surface area (TPSA) is 185 Å². The largest absolute Gasteiger partial charge is 0.481 e. The lowest BCUT2D eigenvalue weighted by Crippen LogP contribution is -2.47. The van der Waals surface area contributed by atoms with Crippen molar-refractivity contribution in [1.29, 1.82) is 0 Å². The number of amides is 2. The molecule has 1 N–H and O–H groups in total. The summed E-state index contributed by atoms with van der Waals surface area (Å²) in [4.78, 5) is 76.2. The second kappa shape index (κ2) is 17.9. The molecule has 2 aromatic rings. The van der Waals surface area contributed by atoms with Crippen LogP contribution in [0.4, 0.5) is 0 Å². The number of carbonyl (C=O) groups is 5. The third-order valence-electron chi connectivity index (χ3n) is 14.0. The molecule has 4 saturated carbocycles. The molecule has 3 heterocycles. The number of nitrogens with zero attached hydrogens (tertiary/aromatic N) is 2.